The van der Waals surface area contributed by atoms with Gasteiger partial charge in [-0.3, -0.25) is 0 Å². The Morgan fingerprint density at radius 2 is 1.67 bits per heavy atom. The van der Waals surface area contributed by atoms with E-state index in [0.717, 1.165) is 0 Å². The summed E-state index contributed by atoms with van der Waals surface area (Å²) in [5, 5.41) is 0. The van der Waals surface area contributed by atoms with Crippen molar-refractivity contribution in [3.63, 3.8) is 0 Å². The van der Waals surface area contributed by atoms with E-state index in [2.05, 4.69) is 45.9 Å². The Kier molecular flexibility index (Phi) is 4.83. The molecule has 0 saturated carbocycles. The standard InChI is InChI=1S/C11H17.Li/c1-8(2)10-5-6-11(7-10)9(3)4;/h5-9H,1-4H3;/q-1;+1. The fourth-order valence-electron chi connectivity index (χ4n) is 1.20. The molecule has 62 valence electrons. The third-order valence-electron chi connectivity index (χ3n) is 2.13. The molecule has 0 N–H and O–H groups in total. The van der Waals surface area contributed by atoms with E-state index in [1.165, 1.54) is 11.1 Å². The molecule has 12 heavy (non-hydrogen) atoms. The molecular weight excluding hydrogens is 139 g/mol. The number of hydrogen-bond donors (Lipinski definition) is 0. The van der Waals surface area contributed by atoms with E-state index >= 15 is 0 Å². The normalized spacial score (nSPS) is 10.5. The molecule has 0 radical (unpaired) electrons. The summed E-state index contributed by atoms with van der Waals surface area (Å²) in [7, 11) is 0. The maximum Gasteiger partial charge on any atom is 1.00 e. The molecule has 0 saturated heterocycles. The second-order valence-corrected chi connectivity index (χ2v) is 3.79. The van der Waals surface area contributed by atoms with E-state index in [-0.39, 0.29) is 18.9 Å². The third-order valence-corrected chi connectivity index (χ3v) is 2.13. The van der Waals surface area contributed by atoms with Crippen molar-refractivity contribution in [2.45, 2.75) is 39.5 Å². The van der Waals surface area contributed by atoms with Gasteiger partial charge in [-0.05, 0) is 5.92 Å². The maximum absolute atomic E-state index is 2.31. The molecule has 0 bridgehead atoms. The zero-order valence-electron chi connectivity index (χ0n) is 8.89. The van der Waals surface area contributed by atoms with E-state index < -0.39 is 0 Å². The molecular formula is C11H17Li. The van der Waals surface area contributed by atoms with Crippen molar-refractivity contribution in [2.24, 2.45) is 0 Å². The Morgan fingerprint density at radius 3 is 1.92 bits per heavy atom. The van der Waals surface area contributed by atoms with Gasteiger partial charge in [-0.1, -0.05) is 33.6 Å². The summed E-state index contributed by atoms with van der Waals surface area (Å²) in [6.07, 6.45) is 0. The predicted octanol–water partition coefficient (Wildman–Crippen LogP) is 0.656. The summed E-state index contributed by atoms with van der Waals surface area (Å²) >= 11 is 0. The maximum atomic E-state index is 2.31. The van der Waals surface area contributed by atoms with Crippen LogP contribution in [0.4, 0.5) is 0 Å². The summed E-state index contributed by atoms with van der Waals surface area (Å²) in [6, 6.07) is 6.79. The van der Waals surface area contributed by atoms with Crippen LogP contribution in [0.15, 0.2) is 18.2 Å². The van der Waals surface area contributed by atoms with E-state index in [1.807, 2.05) is 0 Å². The summed E-state index contributed by atoms with van der Waals surface area (Å²) in [5.74, 6) is 1.34. The first-order chi connectivity index (χ1) is 5.11. The summed E-state index contributed by atoms with van der Waals surface area (Å²) in [5.41, 5.74) is 2.93. The molecule has 0 amide bonds. The molecule has 0 aliphatic carbocycles. The quantitative estimate of drug-likeness (QED) is 0.436. The molecule has 1 heteroatoms. The number of rotatable bonds is 2. The molecule has 0 aliphatic rings. The van der Waals surface area contributed by atoms with Crippen LogP contribution in [0.5, 0.6) is 0 Å². The Hall–Kier alpha value is -0.0526. The topological polar surface area (TPSA) is 0 Å². The second-order valence-electron chi connectivity index (χ2n) is 3.79. The molecule has 0 atom stereocenters. The zero-order valence-corrected chi connectivity index (χ0v) is 8.89. The summed E-state index contributed by atoms with van der Waals surface area (Å²) in [6.45, 7) is 8.94. The van der Waals surface area contributed by atoms with Gasteiger partial charge in [-0.2, -0.15) is 23.3 Å². The summed E-state index contributed by atoms with van der Waals surface area (Å²) in [4.78, 5) is 0. The van der Waals surface area contributed by atoms with Gasteiger partial charge in [0.2, 0.25) is 0 Å². The van der Waals surface area contributed by atoms with Gasteiger partial charge in [0.1, 0.15) is 0 Å². The van der Waals surface area contributed by atoms with Crippen LogP contribution < -0.4 is 18.9 Å². The molecule has 0 aliphatic heterocycles. The predicted molar refractivity (Wildman–Crippen MR) is 50.2 cm³/mol. The van der Waals surface area contributed by atoms with E-state index in [0.29, 0.717) is 11.8 Å². The average molecular weight is 156 g/mol. The van der Waals surface area contributed by atoms with Crippen molar-refractivity contribution in [1.29, 1.82) is 0 Å². The van der Waals surface area contributed by atoms with Gasteiger partial charge in [-0.25, -0.2) is 6.07 Å². The van der Waals surface area contributed by atoms with Gasteiger partial charge in [0.15, 0.2) is 0 Å². The Morgan fingerprint density at radius 1 is 1.08 bits per heavy atom. The minimum Gasteiger partial charge on any atom is -0.207 e. The van der Waals surface area contributed by atoms with E-state index in [9.17, 15) is 0 Å². The third kappa shape index (κ3) is 2.77. The first kappa shape index (κ1) is 11.9. The molecule has 0 unspecified atom stereocenters. The van der Waals surface area contributed by atoms with Crippen LogP contribution in [-0.2, 0) is 0 Å². The monoisotopic (exact) mass is 156 g/mol. The van der Waals surface area contributed by atoms with Crippen molar-refractivity contribution in [2.75, 3.05) is 0 Å². The molecule has 0 nitrogen and oxygen atoms in total. The van der Waals surface area contributed by atoms with Gasteiger partial charge in [-0.15, -0.1) is 0 Å². The Bertz CT molecular complexity index is 198. The van der Waals surface area contributed by atoms with Crippen LogP contribution in [0.3, 0.4) is 0 Å². The van der Waals surface area contributed by atoms with Gasteiger partial charge in [0, 0.05) is 0 Å². The molecule has 1 aromatic carbocycles. The van der Waals surface area contributed by atoms with Crippen LogP contribution in [0.25, 0.3) is 0 Å². The minimum atomic E-state index is 0. The van der Waals surface area contributed by atoms with Crippen LogP contribution in [0, 0.1) is 0 Å². The van der Waals surface area contributed by atoms with Crippen molar-refractivity contribution in [3.8, 4) is 0 Å². The smallest absolute Gasteiger partial charge is 0.207 e. The Balaban J connectivity index is 0.00000121. The number of hydrogen-bond acceptors (Lipinski definition) is 0. The first-order valence-electron chi connectivity index (χ1n) is 4.37. The van der Waals surface area contributed by atoms with Crippen LogP contribution in [0.1, 0.15) is 50.7 Å². The molecule has 1 aromatic rings. The zero-order chi connectivity index (χ0) is 8.43. The van der Waals surface area contributed by atoms with Crippen molar-refractivity contribution >= 4 is 0 Å². The van der Waals surface area contributed by atoms with Crippen LogP contribution in [-0.4, -0.2) is 0 Å². The average Bonchev–Trinajstić information content (AvgIpc) is 2.33. The molecule has 1 rings (SSSR count). The molecule has 0 heterocycles. The van der Waals surface area contributed by atoms with E-state index in [1.54, 1.807) is 0 Å². The molecule has 0 aromatic heterocycles. The summed E-state index contributed by atoms with van der Waals surface area (Å²) < 4.78 is 0. The van der Waals surface area contributed by atoms with Gasteiger partial charge in [0.05, 0.1) is 0 Å². The van der Waals surface area contributed by atoms with E-state index in [4.69, 9.17) is 0 Å². The molecule has 0 spiro atoms. The van der Waals surface area contributed by atoms with Gasteiger partial charge < -0.3 is 0 Å². The van der Waals surface area contributed by atoms with Gasteiger partial charge in [0.25, 0.3) is 0 Å². The molecule has 0 fully saturated rings. The SMILES string of the molecule is CC(C)c1c[cH-]c(C(C)C)c1.[Li+]. The van der Waals surface area contributed by atoms with Crippen molar-refractivity contribution in [1.82, 2.24) is 0 Å². The second kappa shape index (κ2) is 4.85. The van der Waals surface area contributed by atoms with Gasteiger partial charge >= 0.3 is 18.9 Å². The van der Waals surface area contributed by atoms with Crippen LogP contribution in [0.2, 0.25) is 0 Å². The fourth-order valence-corrected chi connectivity index (χ4v) is 1.20. The minimum absolute atomic E-state index is 0. The van der Waals surface area contributed by atoms with Crippen molar-refractivity contribution < 1.29 is 18.9 Å². The van der Waals surface area contributed by atoms with Crippen LogP contribution >= 0.6 is 0 Å². The fraction of sp³-hybridized carbons (Fsp3) is 0.545. The first-order valence-corrected chi connectivity index (χ1v) is 4.37. The Labute approximate surface area is 87.9 Å². The largest absolute Gasteiger partial charge is 1.00 e. The van der Waals surface area contributed by atoms with Crippen molar-refractivity contribution in [3.05, 3.63) is 29.3 Å².